The molecule has 4 aromatic rings. The average molecular weight is 499 g/mol. The van der Waals surface area contributed by atoms with E-state index in [0.29, 0.717) is 22.5 Å². The van der Waals surface area contributed by atoms with Gasteiger partial charge in [-0.2, -0.15) is 0 Å². The van der Waals surface area contributed by atoms with Crippen LogP contribution in [0.1, 0.15) is 31.8 Å². The summed E-state index contributed by atoms with van der Waals surface area (Å²) in [6.45, 7) is 0.156. The molecule has 0 aliphatic rings. The SMILES string of the molecule is O=C(Nc1ccccc1)c1ccc(CO[P+](=O)OCc2ccc(C(=O)Nc3ccccc3)cc2)cc1. The maximum Gasteiger partial charge on any atom is 0.698 e. The van der Waals surface area contributed by atoms with Gasteiger partial charge in [0.05, 0.1) is 0 Å². The van der Waals surface area contributed by atoms with Crippen molar-refractivity contribution in [2.75, 3.05) is 10.6 Å². The predicted octanol–water partition coefficient (Wildman–Crippen LogP) is 6.58. The number of carbonyl (C=O) groups is 2. The molecular weight excluding hydrogens is 475 g/mol. The highest BCUT2D eigenvalue weighted by molar-refractivity contribution is 7.33. The Morgan fingerprint density at radius 1 is 0.556 bits per heavy atom. The van der Waals surface area contributed by atoms with Gasteiger partial charge in [-0.05, 0) is 59.7 Å². The summed E-state index contributed by atoms with van der Waals surface area (Å²) in [5.41, 5.74) is 3.95. The zero-order valence-corrected chi connectivity index (χ0v) is 20.2. The number of hydrogen-bond donors (Lipinski definition) is 2. The first-order chi connectivity index (χ1) is 17.6. The van der Waals surface area contributed by atoms with Gasteiger partial charge in [0, 0.05) is 27.1 Å². The lowest BCUT2D eigenvalue weighted by molar-refractivity contribution is 0.101. The van der Waals surface area contributed by atoms with E-state index in [4.69, 9.17) is 9.05 Å². The van der Waals surface area contributed by atoms with Crippen LogP contribution in [0, 0.1) is 0 Å². The summed E-state index contributed by atoms with van der Waals surface area (Å²) in [4.78, 5) is 24.6. The fourth-order valence-electron chi connectivity index (χ4n) is 3.25. The van der Waals surface area contributed by atoms with E-state index in [0.717, 1.165) is 11.1 Å². The Morgan fingerprint density at radius 2 is 0.917 bits per heavy atom. The van der Waals surface area contributed by atoms with Crippen molar-refractivity contribution in [2.24, 2.45) is 0 Å². The molecule has 0 aliphatic heterocycles. The molecule has 0 spiro atoms. The highest BCUT2D eigenvalue weighted by Gasteiger charge is 2.21. The molecule has 2 N–H and O–H groups in total. The molecule has 0 atom stereocenters. The fourth-order valence-corrected chi connectivity index (χ4v) is 3.83. The van der Waals surface area contributed by atoms with Crippen molar-refractivity contribution in [3.8, 4) is 0 Å². The van der Waals surface area contributed by atoms with E-state index < -0.39 is 8.25 Å². The van der Waals surface area contributed by atoms with Gasteiger partial charge in [-0.3, -0.25) is 9.59 Å². The maximum absolute atomic E-state index is 12.3. The van der Waals surface area contributed by atoms with E-state index in [1.807, 2.05) is 60.7 Å². The van der Waals surface area contributed by atoms with Crippen LogP contribution in [-0.4, -0.2) is 11.8 Å². The molecule has 2 amide bonds. The summed E-state index contributed by atoms with van der Waals surface area (Å²) in [5.74, 6) is -0.432. The second kappa shape index (κ2) is 12.5. The topological polar surface area (TPSA) is 93.7 Å². The zero-order valence-electron chi connectivity index (χ0n) is 19.3. The molecule has 0 heterocycles. The highest BCUT2D eigenvalue weighted by atomic mass is 31.1. The van der Waals surface area contributed by atoms with Gasteiger partial charge in [0.15, 0.2) is 0 Å². The van der Waals surface area contributed by atoms with Crippen LogP contribution in [0.4, 0.5) is 11.4 Å². The Bertz CT molecular complexity index is 1210. The van der Waals surface area contributed by atoms with Crippen LogP contribution in [0.5, 0.6) is 0 Å². The number of hydrogen-bond acceptors (Lipinski definition) is 5. The lowest BCUT2D eigenvalue weighted by Gasteiger charge is -2.05. The number of benzene rings is 4. The summed E-state index contributed by atoms with van der Waals surface area (Å²) >= 11 is 0. The predicted molar refractivity (Wildman–Crippen MR) is 139 cm³/mol. The first-order valence-corrected chi connectivity index (χ1v) is 12.3. The van der Waals surface area contributed by atoms with Gasteiger partial charge in [-0.25, -0.2) is 0 Å². The lowest BCUT2D eigenvalue weighted by Crippen LogP contribution is -2.11. The second-order valence-corrected chi connectivity index (χ2v) is 8.77. The second-order valence-electron chi connectivity index (χ2n) is 7.80. The van der Waals surface area contributed by atoms with Crippen LogP contribution in [-0.2, 0) is 26.8 Å². The van der Waals surface area contributed by atoms with Gasteiger partial charge in [0.25, 0.3) is 11.8 Å². The smallest absolute Gasteiger partial charge is 0.322 e. The third kappa shape index (κ3) is 7.42. The molecular formula is C28H24N2O5P+. The summed E-state index contributed by atoms with van der Waals surface area (Å²) in [5, 5.41) is 5.64. The van der Waals surface area contributed by atoms with E-state index in [1.165, 1.54) is 0 Å². The molecule has 4 rings (SSSR count). The van der Waals surface area contributed by atoms with Gasteiger partial charge >= 0.3 is 8.25 Å². The van der Waals surface area contributed by atoms with Crippen LogP contribution in [0.2, 0.25) is 0 Å². The minimum atomic E-state index is -2.34. The number of carbonyl (C=O) groups excluding carboxylic acids is 2. The molecule has 4 aromatic carbocycles. The third-order valence-corrected chi connectivity index (χ3v) is 5.85. The van der Waals surface area contributed by atoms with E-state index >= 15 is 0 Å². The zero-order chi connectivity index (χ0) is 25.2. The first-order valence-electron chi connectivity index (χ1n) is 11.2. The van der Waals surface area contributed by atoms with Gasteiger partial charge < -0.3 is 10.6 Å². The van der Waals surface area contributed by atoms with E-state index in [2.05, 4.69) is 10.6 Å². The Labute approximate surface area is 210 Å². The number of amides is 2. The number of rotatable bonds is 10. The molecule has 0 fully saturated rings. The van der Waals surface area contributed by atoms with Gasteiger partial charge in [-0.1, -0.05) is 60.7 Å². The van der Waals surface area contributed by atoms with Gasteiger partial charge in [0.2, 0.25) is 0 Å². The van der Waals surface area contributed by atoms with Crippen LogP contribution in [0.25, 0.3) is 0 Å². The van der Waals surface area contributed by atoms with E-state index in [-0.39, 0.29) is 25.0 Å². The standard InChI is InChI=1S/C28H23N2O5P/c31-27(29-25-7-3-1-4-8-25)23-15-11-21(12-16-23)19-34-36(33)35-20-22-13-17-24(18-14-22)28(32)30-26-9-5-2-6-10-26/h1-18H,19-20H2,(H-,29,30,31,32)/p+1. The van der Waals surface area contributed by atoms with Gasteiger partial charge in [0.1, 0.15) is 13.2 Å². The molecule has 7 nitrogen and oxygen atoms in total. The first kappa shape index (κ1) is 24.9. The molecule has 0 saturated heterocycles. The summed E-state index contributed by atoms with van der Waals surface area (Å²) in [6.07, 6.45) is 0. The molecule has 0 unspecified atom stereocenters. The summed E-state index contributed by atoms with van der Waals surface area (Å²) in [6, 6.07) is 32.1. The van der Waals surface area contributed by atoms with Crippen LogP contribution >= 0.6 is 8.25 Å². The molecule has 180 valence electrons. The normalized spacial score (nSPS) is 10.4. The monoisotopic (exact) mass is 499 g/mol. The number of nitrogens with one attached hydrogen (secondary N) is 2. The average Bonchev–Trinajstić information content (AvgIpc) is 2.92. The fraction of sp³-hybridized carbons (Fsp3) is 0.0714. The minimum absolute atomic E-state index is 0.0778. The molecule has 0 aliphatic carbocycles. The molecule has 8 heteroatoms. The lowest BCUT2D eigenvalue weighted by atomic mass is 10.1. The number of para-hydroxylation sites is 2. The van der Waals surface area contributed by atoms with Crippen molar-refractivity contribution in [2.45, 2.75) is 13.2 Å². The van der Waals surface area contributed by atoms with Crippen LogP contribution in [0.15, 0.2) is 109 Å². The maximum atomic E-state index is 12.3. The van der Waals surface area contributed by atoms with E-state index in [9.17, 15) is 14.2 Å². The Kier molecular flexibility index (Phi) is 8.67. The summed E-state index contributed by atoms with van der Waals surface area (Å²) < 4.78 is 22.7. The Balaban J connectivity index is 1.20. The Morgan fingerprint density at radius 3 is 1.28 bits per heavy atom. The highest BCUT2D eigenvalue weighted by Crippen LogP contribution is 2.27. The third-order valence-electron chi connectivity index (χ3n) is 5.17. The van der Waals surface area contributed by atoms with Crippen molar-refractivity contribution in [1.29, 1.82) is 0 Å². The van der Waals surface area contributed by atoms with Crippen molar-refractivity contribution >= 4 is 31.4 Å². The molecule has 0 saturated carbocycles. The van der Waals surface area contributed by atoms with Crippen LogP contribution in [0.3, 0.4) is 0 Å². The summed E-state index contributed by atoms with van der Waals surface area (Å²) in [7, 11) is -2.34. The largest absolute Gasteiger partial charge is 0.698 e. The molecule has 0 radical (unpaired) electrons. The number of anilines is 2. The van der Waals surface area contributed by atoms with Gasteiger partial charge in [-0.15, -0.1) is 9.05 Å². The molecule has 36 heavy (non-hydrogen) atoms. The molecule has 0 bridgehead atoms. The van der Waals surface area contributed by atoms with E-state index in [1.54, 1.807) is 48.5 Å². The molecule has 0 aromatic heterocycles. The van der Waals surface area contributed by atoms with Crippen molar-refractivity contribution in [1.82, 2.24) is 0 Å². The van der Waals surface area contributed by atoms with Crippen molar-refractivity contribution in [3.05, 3.63) is 131 Å². The van der Waals surface area contributed by atoms with Crippen molar-refractivity contribution in [3.63, 3.8) is 0 Å². The quantitative estimate of drug-likeness (QED) is 0.240. The van der Waals surface area contributed by atoms with Crippen molar-refractivity contribution < 1.29 is 23.2 Å². The Hall–Kier alpha value is -4.16. The minimum Gasteiger partial charge on any atom is -0.322 e. The van der Waals surface area contributed by atoms with Crippen LogP contribution < -0.4 is 10.6 Å².